The fraction of sp³-hybridized carbons (Fsp3) is 0.304. The zero-order valence-electron chi connectivity index (χ0n) is 19.4. The molecule has 0 spiro atoms. The number of carbonyl (C=O) groups excluding carboxylic acids is 2. The van der Waals surface area contributed by atoms with E-state index >= 15 is 0 Å². The number of guanidine groups is 1. The highest BCUT2D eigenvalue weighted by atomic mass is 32.2. The number of likely N-dealkylation sites (N-methyl/N-ethyl adjacent to an activating group) is 1. The summed E-state index contributed by atoms with van der Waals surface area (Å²) in [6, 6.07) is 18.7. The van der Waals surface area contributed by atoms with E-state index in [0.717, 1.165) is 11.3 Å². The van der Waals surface area contributed by atoms with Gasteiger partial charge in [-0.05, 0) is 28.1 Å². The number of urea groups is 1. The molecule has 2 unspecified atom stereocenters. The Morgan fingerprint density at radius 3 is 2.51 bits per heavy atom. The van der Waals surface area contributed by atoms with Crippen molar-refractivity contribution in [1.82, 2.24) is 40.2 Å². The van der Waals surface area contributed by atoms with Gasteiger partial charge in [0.15, 0.2) is 18.2 Å². The maximum Gasteiger partial charge on any atom is 0.325 e. The lowest BCUT2D eigenvalue weighted by atomic mass is 10.1. The van der Waals surface area contributed by atoms with Crippen LogP contribution in [0.1, 0.15) is 5.56 Å². The van der Waals surface area contributed by atoms with Crippen LogP contribution in [0.4, 0.5) is 4.79 Å². The molecule has 35 heavy (non-hydrogen) atoms. The molecular formula is C23H25N9O2S. The van der Waals surface area contributed by atoms with Crippen LogP contribution in [0, 0.1) is 0 Å². The Labute approximate surface area is 206 Å². The number of aromatic nitrogens is 4. The van der Waals surface area contributed by atoms with Crippen molar-refractivity contribution in [2.75, 3.05) is 26.4 Å². The van der Waals surface area contributed by atoms with Gasteiger partial charge in [0, 0.05) is 32.9 Å². The van der Waals surface area contributed by atoms with Gasteiger partial charge in [0.1, 0.15) is 0 Å². The zero-order valence-corrected chi connectivity index (χ0v) is 20.2. The first-order valence-corrected chi connectivity index (χ1v) is 12.2. The molecule has 0 saturated carbocycles. The van der Waals surface area contributed by atoms with Gasteiger partial charge in [-0.2, -0.15) is 4.68 Å². The second-order valence-corrected chi connectivity index (χ2v) is 9.35. The van der Waals surface area contributed by atoms with Crippen molar-refractivity contribution in [2.45, 2.75) is 23.9 Å². The molecule has 0 bridgehead atoms. The molecular weight excluding hydrogens is 466 g/mol. The Morgan fingerprint density at radius 2 is 1.77 bits per heavy atom. The Kier molecular flexibility index (Phi) is 6.36. The van der Waals surface area contributed by atoms with Gasteiger partial charge in [0.05, 0.1) is 5.69 Å². The van der Waals surface area contributed by atoms with Crippen molar-refractivity contribution in [3.63, 3.8) is 0 Å². The fourth-order valence-electron chi connectivity index (χ4n) is 4.23. The zero-order chi connectivity index (χ0) is 24.4. The Morgan fingerprint density at radius 1 is 1.06 bits per heavy atom. The van der Waals surface area contributed by atoms with Crippen molar-refractivity contribution in [3.05, 3.63) is 66.2 Å². The maximum absolute atomic E-state index is 12.9. The number of tetrazole rings is 1. The first-order valence-electron chi connectivity index (χ1n) is 11.2. The van der Waals surface area contributed by atoms with Crippen LogP contribution in [0.5, 0.6) is 0 Å². The number of hydrogen-bond acceptors (Lipinski definition) is 9. The normalized spacial score (nSPS) is 19.4. The number of fused-ring (bicyclic) bond motifs is 1. The maximum atomic E-state index is 12.9. The van der Waals surface area contributed by atoms with Crippen LogP contribution in [-0.2, 0) is 11.3 Å². The van der Waals surface area contributed by atoms with E-state index in [4.69, 9.17) is 4.99 Å². The molecule has 5 rings (SSSR count). The largest absolute Gasteiger partial charge is 0.341 e. The van der Waals surface area contributed by atoms with E-state index in [9.17, 15) is 9.59 Å². The second kappa shape index (κ2) is 9.74. The quantitative estimate of drug-likeness (QED) is 0.494. The van der Waals surface area contributed by atoms with Crippen molar-refractivity contribution in [2.24, 2.45) is 4.99 Å². The average Bonchev–Trinajstić information content (AvgIpc) is 3.49. The molecule has 3 heterocycles. The molecule has 2 aromatic carbocycles. The third-order valence-corrected chi connectivity index (χ3v) is 6.85. The number of para-hydroxylation sites is 1. The van der Waals surface area contributed by atoms with Crippen molar-refractivity contribution in [1.29, 1.82) is 0 Å². The van der Waals surface area contributed by atoms with Crippen LogP contribution < -0.4 is 5.32 Å². The minimum Gasteiger partial charge on any atom is -0.341 e. The molecule has 2 atom stereocenters. The van der Waals surface area contributed by atoms with E-state index < -0.39 is 18.2 Å². The lowest BCUT2D eigenvalue weighted by molar-refractivity contribution is -0.127. The van der Waals surface area contributed by atoms with E-state index in [1.54, 1.807) is 11.7 Å². The summed E-state index contributed by atoms with van der Waals surface area (Å²) in [6.07, 6.45) is -0.580. The highest BCUT2D eigenvalue weighted by molar-refractivity contribution is 7.99. The van der Waals surface area contributed by atoms with Gasteiger partial charge in [0.25, 0.3) is 5.91 Å². The topological polar surface area (TPSA) is 112 Å². The number of hydrogen-bond donors (Lipinski definition) is 1. The first kappa shape index (κ1) is 22.8. The lowest BCUT2D eigenvalue weighted by Crippen LogP contribution is -2.64. The van der Waals surface area contributed by atoms with E-state index in [-0.39, 0.29) is 5.91 Å². The summed E-state index contributed by atoms with van der Waals surface area (Å²) in [4.78, 5) is 35.4. The summed E-state index contributed by atoms with van der Waals surface area (Å²) in [5.74, 6) is 0.937. The molecule has 1 aromatic heterocycles. The summed E-state index contributed by atoms with van der Waals surface area (Å²) in [7, 11) is 3.60. The fourth-order valence-corrected chi connectivity index (χ4v) is 5.06. The van der Waals surface area contributed by atoms with Crippen molar-refractivity contribution >= 4 is 29.7 Å². The number of amides is 3. The number of imide groups is 1. The number of nitrogens with one attached hydrogen (secondary N) is 1. The first-order chi connectivity index (χ1) is 17.0. The summed E-state index contributed by atoms with van der Waals surface area (Å²) < 4.78 is 1.69. The highest BCUT2D eigenvalue weighted by Crippen LogP contribution is 2.27. The van der Waals surface area contributed by atoms with E-state index in [0.29, 0.717) is 30.0 Å². The summed E-state index contributed by atoms with van der Waals surface area (Å²) in [5, 5.41) is 15.2. The molecule has 3 amide bonds. The number of carbonyl (C=O) groups is 2. The molecule has 1 saturated heterocycles. The smallest absolute Gasteiger partial charge is 0.325 e. The number of thioether (sulfide) groups is 1. The molecule has 11 nitrogen and oxygen atoms in total. The van der Waals surface area contributed by atoms with Crippen LogP contribution in [-0.4, -0.2) is 91.4 Å². The van der Waals surface area contributed by atoms with Crippen molar-refractivity contribution < 1.29 is 9.59 Å². The number of benzene rings is 2. The summed E-state index contributed by atoms with van der Waals surface area (Å²) >= 11 is 1.49. The minimum absolute atomic E-state index is 0.343. The molecule has 2 aliphatic rings. The van der Waals surface area contributed by atoms with Gasteiger partial charge in [-0.15, -0.1) is 5.10 Å². The number of aliphatic imine (C=N–C) groups is 1. The molecule has 0 radical (unpaired) electrons. The Bertz CT molecular complexity index is 1230. The average molecular weight is 492 g/mol. The molecule has 1 N–H and O–H groups in total. The van der Waals surface area contributed by atoms with Gasteiger partial charge in [-0.3, -0.25) is 10.1 Å². The third-order valence-electron chi connectivity index (χ3n) is 5.95. The van der Waals surface area contributed by atoms with Crippen LogP contribution in [0.3, 0.4) is 0 Å². The summed E-state index contributed by atoms with van der Waals surface area (Å²) in [6.45, 7) is 1.13. The third kappa shape index (κ3) is 4.56. The SMILES string of the molecule is CN(Cc1ccccc1)C1=NC2C(C(=O)NC(=O)N2C)N1CCSc1nnnn1-c1ccccc1. The monoisotopic (exact) mass is 491 g/mol. The molecule has 2 aliphatic heterocycles. The van der Waals surface area contributed by atoms with E-state index in [2.05, 4.69) is 20.8 Å². The standard InChI is InChI=1S/C23H25N9O2S/c1-29(15-16-9-5-3-6-10-16)21-24-19-18(20(33)25-22(34)30(19)2)31(21)13-14-35-23-26-27-28-32(23)17-11-7-4-8-12-17/h3-12,18-19H,13-15H2,1-2H3,(H,25,33,34). The molecule has 3 aromatic rings. The van der Waals surface area contributed by atoms with Crippen molar-refractivity contribution in [3.8, 4) is 5.69 Å². The van der Waals surface area contributed by atoms with Gasteiger partial charge in [0.2, 0.25) is 5.16 Å². The predicted octanol–water partition coefficient (Wildman–Crippen LogP) is 1.43. The van der Waals surface area contributed by atoms with Gasteiger partial charge in [-0.1, -0.05) is 60.3 Å². The molecule has 12 heteroatoms. The Hall–Kier alpha value is -3.93. The van der Waals surface area contributed by atoms with Crippen LogP contribution in [0.25, 0.3) is 5.69 Å². The van der Waals surface area contributed by atoms with Gasteiger partial charge in [-0.25, -0.2) is 9.79 Å². The predicted molar refractivity (Wildman–Crippen MR) is 131 cm³/mol. The second-order valence-electron chi connectivity index (χ2n) is 8.29. The number of nitrogens with zero attached hydrogens (tertiary/aromatic N) is 8. The highest BCUT2D eigenvalue weighted by Gasteiger charge is 2.49. The van der Waals surface area contributed by atoms with Gasteiger partial charge >= 0.3 is 6.03 Å². The number of rotatable bonds is 7. The van der Waals surface area contributed by atoms with Crippen LogP contribution in [0.2, 0.25) is 0 Å². The van der Waals surface area contributed by atoms with E-state index in [1.165, 1.54) is 16.7 Å². The van der Waals surface area contributed by atoms with Crippen LogP contribution >= 0.6 is 11.8 Å². The minimum atomic E-state index is -0.600. The van der Waals surface area contributed by atoms with Gasteiger partial charge < -0.3 is 14.7 Å². The lowest BCUT2D eigenvalue weighted by Gasteiger charge is -2.37. The summed E-state index contributed by atoms with van der Waals surface area (Å²) in [5.41, 5.74) is 2.00. The molecule has 180 valence electrons. The van der Waals surface area contributed by atoms with Crippen LogP contribution in [0.15, 0.2) is 70.8 Å². The molecule has 1 fully saturated rings. The Balaban J connectivity index is 1.34. The van der Waals surface area contributed by atoms with E-state index in [1.807, 2.05) is 77.5 Å². The molecule has 0 aliphatic carbocycles.